The molecule has 6 aromatic rings. The second-order valence-electron chi connectivity index (χ2n) is 21.9. The number of hydrogen-bond acceptors (Lipinski definition) is 0. The summed E-state index contributed by atoms with van der Waals surface area (Å²) in [6.07, 6.45) is 22.2. The molecule has 2 aliphatic carbocycles. The van der Waals surface area contributed by atoms with E-state index in [2.05, 4.69) is 175 Å². The van der Waals surface area contributed by atoms with Crippen LogP contribution in [0, 0.1) is 10.8 Å². The van der Waals surface area contributed by atoms with Crippen LogP contribution in [0.25, 0.3) is 43.8 Å². The predicted molar refractivity (Wildman–Crippen MR) is 282 cm³/mol. The molecule has 2 aliphatic rings. The first-order chi connectivity index (χ1) is 29.5. The Hall–Kier alpha value is -1.79. The van der Waals surface area contributed by atoms with Crippen LogP contribution in [0.1, 0.15) is 115 Å². The van der Waals surface area contributed by atoms with E-state index in [-0.39, 0.29) is 30.2 Å². The SMILES string of the molecule is CCC1(Cc2cc3c(-c4ccc([Si](C)(C)C)cc4)cccc3[cH-]2)CCCCCC1.CCC1(Cc2cc3c(-c4ccc([Si](C)(C)C)cc4)cccc3[cH-]2)CCCCCC1.C[Si](C)=[Zr+2].[Cl-].[Cl-]. The van der Waals surface area contributed by atoms with Crippen LogP contribution >= 0.6 is 0 Å². The molecule has 0 amide bonds. The Morgan fingerprint density at radius 3 is 1.09 bits per heavy atom. The second kappa shape index (κ2) is 24.5. The van der Waals surface area contributed by atoms with E-state index in [1.165, 1.54) is 157 Å². The van der Waals surface area contributed by atoms with E-state index in [0.29, 0.717) is 10.8 Å². The quantitative estimate of drug-likeness (QED) is 0.0729. The summed E-state index contributed by atoms with van der Waals surface area (Å²) in [6, 6.07) is 42.4. The maximum Gasteiger partial charge on any atom is -1.00 e. The van der Waals surface area contributed by atoms with Gasteiger partial charge in [0.2, 0.25) is 0 Å². The number of benzene rings is 4. The van der Waals surface area contributed by atoms with Crippen molar-refractivity contribution in [3.8, 4) is 22.3 Å². The van der Waals surface area contributed by atoms with Gasteiger partial charge in [0.05, 0.1) is 16.1 Å². The summed E-state index contributed by atoms with van der Waals surface area (Å²) >= 11 is 1.74. The van der Waals surface area contributed by atoms with Crippen molar-refractivity contribution in [1.82, 2.24) is 0 Å². The maximum atomic E-state index is 2.50. The molecule has 6 heteroatoms. The van der Waals surface area contributed by atoms with Gasteiger partial charge in [-0.15, -0.1) is 69.1 Å². The van der Waals surface area contributed by atoms with Gasteiger partial charge in [-0.05, 0) is 60.5 Å². The van der Waals surface area contributed by atoms with Crippen LogP contribution in [0.2, 0.25) is 52.4 Å². The summed E-state index contributed by atoms with van der Waals surface area (Å²) in [4.78, 5) is 0. The van der Waals surface area contributed by atoms with Crippen LogP contribution in [0.5, 0.6) is 0 Å². The van der Waals surface area contributed by atoms with Gasteiger partial charge in [0.1, 0.15) is 0 Å². The Bertz CT molecular complexity index is 2170. The van der Waals surface area contributed by atoms with Gasteiger partial charge in [0, 0.05) is 0 Å². The van der Waals surface area contributed by atoms with Crippen molar-refractivity contribution in [2.75, 3.05) is 0 Å². The van der Waals surface area contributed by atoms with Crippen molar-refractivity contribution < 1.29 is 48.1 Å². The van der Waals surface area contributed by atoms with Gasteiger partial charge in [0.25, 0.3) is 0 Å². The van der Waals surface area contributed by atoms with Crippen LogP contribution in [-0.4, -0.2) is 21.6 Å². The summed E-state index contributed by atoms with van der Waals surface area (Å²) in [5, 5.41) is 8.76. The minimum absolute atomic E-state index is 0. The minimum Gasteiger partial charge on any atom is -1.00 e. The van der Waals surface area contributed by atoms with Gasteiger partial charge in [-0.3, -0.25) is 0 Å². The summed E-state index contributed by atoms with van der Waals surface area (Å²) in [6.45, 7) is 24.0. The van der Waals surface area contributed by atoms with Crippen molar-refractivity contribution in [3.63, 3.8) is 0 Å². The Balaban J connectivity index is 0.000000252. The zero-order valence-electron chi connectivity index (χ0n) is 41.5. The van der Waals surface area contributed by atoms with Gasteiger partial charge in [0.15, 0.2) is 0 Å². The first-order valence-electron chi connectivity index (χ1n) is 24.6. The molecule has 0 bridgehead atoms. The second-order valence-corrected chi connectivity index (χ2v) is 41.4. The summed E-state index contributed by atoms with van der Waals surface area (Å²) in [5.74, 6) is 0. The Morgan fingerprint density at radius 1 is 0.500 bits per heavy atom. The van der Waals surface area contributed by atoms with E-state index in [1.54, 1.807) is 34.5 Å². The van der Waals surface area contributed by atoms with Gasteiger partial charge < -0.3 is 24.8 Å². The van der Waals surface area contributed by atoms with Gasteiger partial charge in [-0.2, -0.15) is 12.1 Å². The van der Waals surface area contributed by atoms with E-state index in [1.807, 2.05) is 0 Å². The molecule has 0 aromatic heterocycles. The van der Waals surface area contributed by atoms with E-state index in [0.717, 1.165) is 0 Å². The average molecular weight is 1020 g/mol. The fourth-order valence-electron chi connectivity index (χ4n) is 10.7. The molecular weight excluding hydrogens is 943 g/mol. The minimum atomic E-state index is -1.25. The fourth-order valence-corrected chi connectivity index (χ4v) is 13.1. The van der Waals surface area contributed by atoms with Crippen LogP contribution < -0.4 is 35.2 Å². The van der Waals surface area contributed by atoms with Crippen LogP contribution in [0.15, 0.2) is 109 Å². The molecule has 64 heavy (non-hydrogen) atoms. The van der Waals surface area contributed by atoms with Crippen LogP contribution in [-0.2, 0) is 36.2 Å². The van der Waals surface area contributed by atoms with Crippen molar-refractivity contribution in [2.24, 2.45) is 10.8 Å². The van der Waals surface area contributed by atoms with Gasteiger partial charge in [-0.1, -0.05) is 200 Å². The molecule has 0 aliphatic heterocycles. The zero-order chi connectivity index (χ0) is 44.5. The molecule has 344 valence electrons. The third-order valence-corrected chi connectivity index (χ3v) is 18.9. The summed E-state index contributed by atoms with van der Waals surface area (Å²) < 4.78 is 0. The summed E-state index contributed by atoms with van der Waals surface area (Å²) in [7, 11) is -2.50. The fraction of sp³-hybridized carbons (Fsp3) is 0.483. The molecule has 6 aromatic carbocycles. The molecular formula is C58H80Cl2Si3Zr-2. The van der Waals surface area contributed by atoms with E-state index < -0.39 is 16.1 Å². The molecule has 0 saturated heterocycles. The third-order valence-electron chi connectivity index (χ3n) is 14.7. The molecule has 0 radical (unpaired) electrons. The molecule has 2 fully saturated rings. The molecule has 0 heterocycles. The van der Waals surface area contributed by atoms with Crippen molar-refractivity contribution >= 4 is 53.5 Å². The van der Waals surface area contributed by atoms with Crippen molar-refractivity contribution in [2.45, 2.75) is 169 Å². The van der Waals surface area contributed by atoms with Crippen molar-refractivity contribution in [3.05, 3.63) is 120 Å². The predicted octanol–water partition coefficient (Wildman–Crippen LogP) is 10.9. The summed E-state index contributed by atoms with van der Waals surface area (Å²) in [5.41, 5.74) is 9.86. The Morgan fingerprint density at radius 2 is 0.812 bits per heavy atom. The van der Waals surface area contributed by atoms with E-state index in [9.17, 15) is 0 Å². The monoisotopic (exact) mass is 1020 g/mol. The maximum absolute atomic E-state index is 2.50. The largest absolute Gasteiger partial charge is 1.00 e. The molecule has 0 N–H and O–H groups in total. The number of fused-ring (bicyclic) bond motifs is 2. The molecule has 8 rings (SSSR count). The van der Waals surface area contributed by atoms with Crippen LogP contribution in [0.3, 0.4) is 0 Å². The topological polar surface area (TPSA) is 0 Å². The zero-order valence-corrected chi connectivity index (χ0v) is 48.4. The molecule has 0 atom stereocenters. The number of halogens is 2. The van der Waals surface area contributed by atoms with Gasteiger partial charge in [-0.25, -0.2) is 0 Å². The Kier molecular flexibility index (Phi) is 21.0. The number of rotatable bonds is 10. The third kappa shape index (κ3) is 14.6. The molecule has 0 nitrogen and oxygen atoms in total. The van der Waals surface area contributed by atoms with E-state index in [4.69, 9.17) is 0 Å². The molecule has 0 unspecified atom stereocenters. The van der Waals surface area contributed by atoms with Crippen LogP contribution in [0.4, 0.5) is 0 Å². The normalized spacial score (nSPS) is 16.2. The average Bonchev–Trinajstić information content (AvgIpc) is 3.66. The first kappa shape index (κ1) is 54.8. The van der Waals surface area contributed by atoms with E-state index >= 15 is 0 Å². The number of hydrogen-bond donors (Lipinski definition) is 0. The first-order valence-corrected chi connectivity index (χ1v) is 37.8. The molecule has 2 saturated carbocycles. The standard InChI is InChI=1S/2C28H37Si.C2H6Si.2ClH.Zr/c2*1-5-28(17-8-6-7-9-18-28)21-22-19-24-11-10-12-26(27(24)20-22)23-13-15-25(16-14-23)29(2,3)4;1-3-2;;;/h2*10-16,19-20H,5-9,17-18,21H2,1-4H3;1-2H3;2*1H;/q2*-1;;;;+2/p-2. The smallest absolute Gasteiger partial charge is 1.00 e. The van der Waals surface area contributed by atoms with Crippen molar-refractivity contribution in [1.29, 1.82) is 0 Å². The molecule has 0 spiro atoms. The van der Waals surface area contributed by atoms with Gasteiger partial charge >= 0.3 is 41.9 Å². The Labute approximate surface area is 420 Å².